The summed E-state index contributed by atoms with van der Waals surface area (Å²) in [5.74, 6) is -1.44. The molecule has 3 saturated heterocycles. The highest BCUT2D eigenvalue weighted by Gasteiger charge is 2.62. The highest BCUT2D eigenvalue weighted by atomic mass is 16.6. The van der Waals surface area contributed by atoms with E-state index in [9.17, 15) is 9.59 Å². The van der Waals surface area contributed by atoms with Gasteiger partial charge in [0, 0.05) is 24.9 Å². The number of rotatable bonds is 6. The van der Waals surface area contributed by atoms with Crippen molar-refractivity contribution in [2.75, 3.05) is 13.7 Å². The maximum absolute atomic E-state index is 13.1. The van der Waals surface area contributed by atoms with Gasteiger partial charge < -0.3 is 14.2 Å². The lowest BCUT2D eigenvalue weighted by molar-refractivity contribution is -0.156. The van der Waals surface area contributed by atoms with Crippen LogP contribution in [0.1, 0.15) is 34.7 Å². The third-order valence-electron chi connectivity index (χ3n) is 6.53. The number of fused-ring (bicyclic) bond motifs is 5. The highest BCUT2D eigenvalue weighted by Crippen LogP contribution is 2.48. The fourth-order valence-corrected chi connectivity index (χ4v) is 4.85. The topological polar surface area (TPSA) is 68.4 Å². The summed E-state index contributed by atoms with van der Waals surface area (Å²) in [5.41, 5.74) is 1.24. The lowest BCUT2D eigenvalue weighted by Crippen LogP contribution is -2.48. The van der Waals surface area contributed by atoms with E-state index in [4.69, 9.17) is 14.2 Å². The Kier molecular flexibility index (Phi) is 5.05. The van der Waals surface area contributed by atoms with Gasteiger partial charge >= 0.3 is 11.9 Å². The molecule has 0 radical (unpaired) electrons. The average Bonchev–Trinajstić information content (AvgIpc) is 3.53. The molecule has 3 aliphatic heterocycles. The van der Waals surface area contributed by atoms with Gasteiger partial charge in [-0.1, -0.05) is 48.5 Å². The van der Waals surface area contributed by atoms with Crippen LogP contribution in [0.3, 0.4) is 0 Å². The smallest absolute Gasteiger partial charge is 0.338 e. The van der Waals surface area contributed by atoms with Gasteiger partial charge in [0.05, 0.1) is 5.56 Å². The van der Waals surface area contributed by atoms with Crippen LogP contribution in [-0.2, 0) is 19.0 Å². The third kappa shape index (κ3) is 3.61. The van der Waals surface area contributed by atoms with E-state index in [0.29, 0.717) is 29.9 Å². The largest absolute Gasteiger partial charge is 0.462 e. The van der Waals surface area contributed by atoms with E-state index in [1.165, 1.54) is 0 Å². The zero-order valence-corrected chi connectivity index (χ0v) is 16.8. The number of carbonyl (C=O) groups excluding carboxylic acids is 2. The van der Waals surface area contributed by atoms with Crippen LogP contribution < -0.4 is 0 Å². The third-order valence-corrected chi connectivity index (χ3v) is 6.53. The molecule has 6 nitrogen and oxygen atoms in total. The van der Waals surface area contributed by atoms with Gasteiger partial charge in [0.2, 0.25) is 0 Å². The van der Waals surface area contributed by atoms with Crippen LogP contribution in [0.2, 0.25) is 0 Å². The van der Waals surface area contributed by atoms with Gasteiger partial charge in [0.25, 0.3) is 0 Å². The number of piperidine rings is 1. The maximum Gasteiger partial charge on any atom is 0.338 e. The first-order chi connectivity index (χ1) is 14.6. The molecule has 30 heavy (non-hydrogen) atoms. The Morgan fingerprint density at radius 2 is 1.60 bits per heavy atom. The van der Waals surface area contributed by atoms with Crippen molar-refractivity contribution in [2.24, 2.45) is 0 Å². The summed E-state index contributed by atoms with van der Waals surface area (Å²) < 4.78 is 17.1. The lowest BCUT2D eigenvalue weighted by Gasteiger charge is -2.38. The van der Waals surface area contributed by atoms with E-state index in [1.54, 1.807) is 24.3 Å². The zero-order chi connectivity index (χ0) is 20.7. The molecular formula is C24H25NO5. The number of esters is 2. The number of hydrogen-bond acceptors (Lipinski definition) is 6. The van der Waals surface area contributed by atoms with Crippen LogP contribution in [0.25, 0.3) is 0 Å². The number of epoxide rings is 1. The van der Waals surface area contributed by atoms with E-state index in [0.717, 1.165) is 18.4 Å². The van der Waals surface area contributed by atoms with E-state index in [1.807, 2.05) is 36.4 Å². The normalized spacial score (nSPS) is 30.2. The van der Waals surface area contributed by atoms with Gasteiger partial charge in [-0.2, -0.15) is 0 Å². The molecule has 2 aromatic rings. The summed E-state index contributed by atoms with van der Waals surface area (Å²) >= 11 is 0. The molecule has 0 aliphatic carbocycles. The molecule has 3 aliphatic rings. The van der Waals surface area contributed by atoms with E-state index >= 15 is 0 Å². The monoisotopic (exact) mass is 407 g/mol. The Morgan fingerprint density at radius 3 is 2.23 bits per heavy atom. The van der Waals surface area contributed by atoms with Crippen LogP contribution in [0, 0.1) is 0 Å². The minimum atomic E-state index is -0.651. The molecule has 0 spiro atoms. The van der Waals surface area contributed by atoms with Crippen molar-refractivity contribution < 1.29 is 23.8 Å². The molecule has 6 heteroatoms. The van der Waals surface area contributed by atoms with Crippen molar-refractivity contribution in [1.29, 1.82) is 0 Å². The molecule has 3 fully saturated rings. The number of carbonyl (C=O) groups is 2. The minimum absolute atomic E-state index is 0.0512. The van der Waals surface area contributed by atoms with Crippen molar-refractivity contribution in [1.82, 2.24) is 4.90 Å². The van der Waals surface area contributed by atoms with E-state index in [-0.39, 0.29) is 18.7 Å². The summed E-state index contributed by atoms with van der Waals surface area (Å²) in [7, 11) is 2.12. The molecule has 0 amide bonds. The zero-order valence-electron chi connectivity index (χ0n) is 16.8. The Bertz CT molecular complexity index is 900. The molecule has 156 valence electrons. The molecule has 0 saturated carbocycles. The summed E-state index contributed by atoms with van der Waals surface area (Å²) in [6.45, 7) is -0.0512. The maximum atomic E-state index is 13.1. The number of ether oxygens (including phenoxy) is 3. The molecule has 5 rings (SSSR count). The van der Waals surface area contributed by atoms with Gasteiger partial charge in [-0.25, -0.2) is 4.79 Å². The second-order valence-corrected chi connectivity index (χ2v) is 8.32. The molecule has 6 atom stereocenters. The van der Waals surface area contributed by atoms with Crippen molar-refractivity contribution in [3.8, 4) is 0 Å². The molecule has 3 heterocycles. The standard InChI is InChI=1S/C24H25NO5/c1-25-19-12-17(13-20(25)22-21(19)30-22)29-24(27)18(15-8-4-2-5-9-15)14-28-23(26)16-10-6-3-7-11-16/h2-11,17-22H,12-14H2,1H3/t17?,18-,19-,20+,21-,22+/m1/s1. The SMILES string of the molecule is CN1[C@@H]2CC(OC(=O)[C@H](COC(=O)c3ccccc3)c3ccccc3)C[C@H]1[C@@H]1O[C@@H]12. The molecule has 0 N–H and O–H groups in total. The minimum Gasteiger partial charge on any atom is -0.462 e. The van der Waals surface area contributed by atoms with Crippen LogP contribution in [0.15, 0.2) is 60.7 Å². The molecule has 1 unspecified atom stereocenters. The van der Waals surface area contributed by atoms with Gasteiger partial charge in [-0.3, -0.25) is 9.69 Å². The quantitative estimate of drug-likeness (QED) is 0.542. The Hall–Kier alpha value is -2.70. The summed E-state index contributed by atoms with van der Waals surface area (Å²) in [6, 6.07) is 18.8. The van der Waals surface area contributed by atoms with Crippen LogP contribution >= 0.6 is 0 Å². The number of benzene rings is 2. The predicted molar refractivity (Wildman–Crippen MR) is 109 cm³/mol. The van der Waals surface area contributed by atoms with Crippen molar-refractivity contribution in [2.45, 2.75) is 49.2 Å². The highest BCUT2D eigenvalue weighted by molar-refractivity contribution is 5.89. The Morgan fingerprint density at radius 1 is 1.00 bits per heavy atom. The van der Waals surface area contributed by atoms with Crippen LogP contribution in [-0.4, -0.2) is 60.9 Å². The van der Waals surface area contributed by atoms with Crippen LogP contribution in [0.4, 0.5) is 0 Å². The first kappa shape index (κ1) is 19.3. The van der Waals surface area contributed by atoms with Crippen molar-refractivity contribution in [3.63, 3.8) is 0 Å². The fraction of sp³-hybridized carbons (Fsp3) is 0.417. The number of hydrogen-bond donors (Lipinski definition) is 0. The first-order valence-corrected chi connectivity index (χ1v) is 10.5. The van der Waals surface area contributed by atoms with E-state index in [2.05, 4.69) is 11.9 Å². The Labute approximate surface area is 175 Å². The lowest BCUT2D eigenvalue weighted by atomic mass is 9.97. The molecular weight excluding hydrogens is 382 g/mol. The number of likely N-dealkylation sites (N-methyl/N-ethyl adjacent to an activating group) is 1. The second-order valence-electron chi connectivity index (χ2n) is 8.32. The number of nitrogens with zero attached hydrogens (tertiary/aromatic N) is 1. The van der Waals surface area contributed by atoms with E-state index < -0.39 is 11.9 Å². The molecule has 0 aromatic heterocycles. The van der Waals surface area contributed by atoms with Gasteiger partial charge in [-0.15, -0.1) is 0 Å². The van der Waals surface area contributed by atoms with Gasteiger partial charge in [0.15, 0.2) is 0 Å². The van der Waals surface area contributed by atoms with Crippen molar-refractivity contribution >= 4 is 11.9 Å². The van der Waals surface area contributed by atoms with Crippen LogP contribution in [0.5, 0.6) is 0 Å². The Balaban J connectivity index is 1.26. The molecule has 2 aromatic carbocycles. The summed E-state index contributed by atoms with van der Waals surface area (Å²) in [6.07, 6.45) is 2.02. The van der Waals surface area contributed by atoms with Crippen molar-refractivity contribution in [3.05, 3.63) is 71.8 Å². The van der Waals surface area contributed by atoms with Gasteiger partial charge in [-0.05, 0) is 24.7 Å². The predicted octanol–water partition coefficient (Wildman–Crippen LogP) is 2.78. The summed E-state index contributed by atoms with van der Waals surface area (Å²) in [4.78, 5) is 27.8. The molecule has 2 bridgehead atoms. The fourth-order valence-electron chi connectivity index (χ4n) is 4.85. The average molecular weight is 407 g/mol. The summed E-state index contributed by atoms with van der Waals surface area (Å²) in [5, 5.41) is 0. The van der Waals surface area contributed by atoms with Gasteiger partial charge in [0.1, 0.15) is 30.8 Å². The number of morpholine rings is 1. The second kappa shape index (κ2) is 7.85. The first-order valence-electron chi connectivity index (χ1n) is 10.5.